The van der Waals surface area contributed by atoms with E-state index < -0.39 is 12.0 Å². The number of ether oxygens (including phenoxy) is 1. The Morgan fingerprint density at radius 1 is 1.05 bits per heavy atom. The highest BCUT2D eigenvalue weighted by Crippen LogP contribution is 2.35. The summed E-state index contributed by atoms with van der Waals surface area (Å²) in [6.07, 6.45) is 1.69. The molecule has 2 aliphatic heterocycles. The summed E-state index contributed by atoms with van der Waals surface area (Å²) in [7, 11) is 0. The average Bonchev–Trinajstić information content (AvgIpc) is 2.95. The SMILES string of the molecule is CC(C)(C)C1C=C(c2cccc(N(Cc3ccc(C(=O)NO)cc3)C(=O)N3CCOCC3)c2)CCN1C(=O)O. The number of hydrogen-bond donors (Lipinski definition) is 3. The van der Waals surface area contributed by atoms with Crippen molar-refractivity contribution in [1.82, 2.24) is 15.3 Å². The molecule has 2 heterocycles. The first-order chi connectivity index (χ1) is 18.6. The van der Waals surface area contributed by atoms with Gasteiger partial charge in [0.05, 0.1) is 25.8 Å². The maximum atomic E-state index is 13.7. The molecule has 10 nitrogen and oxygen atoms in total. The maximum absolute atomic E-state index is 13.7. The van der Waals surface area contributed by atoms with Gasteiger partial charge in [-0.15, -0.1) is 0 Å². The standard InChI is InChI=1S/C29H36N4O6/c1-29(2,3)25-18-23(11-12-32(25)28(36)37)22-5-4-6-24(17-22)33(27(35)31-13-15-39-16-14-31)19-20-7-9-21(10-8-20)26(34)30-38/h4-10,17-18,25,38H,11-16,19H2,1-3H3,(H,30,34)(H,36,37). The summed E-state index contributed by atoms with van der Waals surface area (Å²) in [6, 6.07) is 14.1. The molecule has 1 saturated heterocycles. The van der Waals surface area contributed by atoms with Crippen LogP contribution in [-0.2, 0) is 11.3 Å². The van der Waals surface area contributed by atoms with Crippen molar-refractivity contribution in [1.29, 1.82) is 0 Å². The van der Waals surface area contributed by atoms with Crippen LogP contribution in [0.3, 0.4) is 0 Å². The fourth-order valence-corrected chi connectivity index (χ4v) is 4.99. The first-order valence-electron chi connectivity index (χ1n) is 13.1. The quantitative estimate of drug-likeness (QED) is 0.383. The zero-order valence-electron chi connectivity index (χ0n) is 22.6. The normalized spacial score (nSPS) is 17.8. The molecule has 4 amide bonds. The van der Waals surface area contributed by atoms with Crippen LogP contribution >= 0.6 is 0 Å². The van der Waals surface area contributed by atoms with Gasteiger partial charge in [0.2, 0.25) is 0 Å². The van der Waals surface area contributed by atoms with E-state index in [-0.39, 0.29) is 24.0 Å². The van der Waals surface area contributed by atoms with Gasteiger partial charge in [-0.2, -0.15) is 0 Å². The van der Waals surface area contributed by atoms with E-state index >= 15 is 0 Å². The fourth-order valence-electron chi connectivity index (χ4n) is 4.99. The van der Waals surface area contributed by atoms with E-state index in [1.807, 2.05) is 51.1 Å². The maximum Gasteiger partial charge on any atom is 0.407 e. The van der Waals surface area contributed by atoms with Crippen LogP contribution in [0.25, 0.3) is 5.57 Å². The third-order valence-corrected chi connectivity index (χ3v) is 7.15. The number of urea groups is 1. The molecular weight excluding hydrogens is 500 g/mol. The molecule has 2 aromatic carbocycles. The van der Waals surface area contributed by atoms with Gasteiger partial charge in [-0.05, 0) is 52.8 Å². The number of hydroxylamine groups is 1. The summed E-state index contributed by atoms with van der Waals surface area (Å²) >= 11 is 0. The van der Waals surface area contributed by atoms with Gasteiger partial charge in [-0.3, -0.25) is 14.9 Å². The summed E-state index contributed by atoms with van der Waals surface area (Å²) in [5.41, 5.74) is 5.18. The third kappa shape index (κ3) is 6.58. The molecule has 3 N–H and O–H groups in total. The molecule has 2 aliphatic rings. The van der Waals surface area contributed by atoms with E-state index in [1.54, 1.807) is 39.5 Å². The Balaban J connectivity index is 1.67. The van der Waals surface area contributed by atoms with Crippen molar-refractivity contribution in [2.24, 2.45) is 5.41 Å². The molecule has 0 saturated carbocycles. The first kappa shape index (κ1) is 28.1. The van der Waals surface area contributed by atoms with E-state index in [2.05, 4.69) is 0 Å². The number of carboxylic acid groups (broad SMARTS) is 1. The van der Waals surface area contributed by atoms with Crippen LogP contribution in [0, 0.1) is 5.41 Å². The Hall–Kier alpha value is -3.89. The van der Waals surface area contributed by atoms with E-state index in [0.717, 1.165) is 22.4 Å². The van der Waals surface area contributed by atoms with Crippen LogP contribution in [0.1, 0.15) is 48.7 Å². The Morgan fingerprint density at radius 3 is 2.36 bits per heavy atom. The van der Waals surface area contributed by atoms with Crippen molar-refractivity contribution in [2.75, 3.05) is 37.7 Å². The predicted molar refractivity (Wildman–Crippen MR) is 147 cm³/mol. The zero-order valence-corrected chi connectivity index (χ0v) is 22.6. The van der Waals surface area contributed by atoms with Crippen LogP contribution in [-0.4, -0.2) is 77.0 Å². The highest BCUT2D eigenvalue weighted by molar-refractivity contribution is 5.94. The van der Waals surface area contributed by atoms with Crippen LogP contribution in [0.15, 0.2) is 54.6 Å². The lowest BCUT2D eigenvalue weighted by atomic mass is 9.81. The zero-order chi connectivity index (χ0) is 28.2. The number of carbonyl (C=O) groups is 3. The first-order valence-corrected chi connectivity index (χ1v) is 13.1. The Bertz CT molecular complexity index is 1230. The van der Waals surface area contributed by atoms with Crippen molar-refractivity contribution < 1.29 is 29.4 Å². The van der Waals surface area contributed by atoms with Gasteiger partial charge in [0.15, 0.2) is 0 Å². The molecule has 2 aromatic rings. The largest absolute Gasteiger partial charge is 0.465 e. The van der Waals surface area contributed by atoms with Crippen LogP contribution in [0.5, 0.6) is 0 Å². The molecule has 10 heteroatoms. The van der Waals surface area contributed by atoms with Gasteiger partial charge >= 0.3 is 12.1 Å². The van der Waals surface area contributed by atoms with Gasteiger partial charge in [0.1, 0.15) is 0 Å². The van der Waals surface area contributed by atoms with Crippen molar-refractivity contribution in [2.45, 2.75) is 39.8 Å². The van der Waals surface area contributed by atoms with Crippen LogP contribution < -0.4 is 10.4 Å². The topological polar surface area (TPSA) is 123 Å². The molecule has 1 atom stereocenters. The van der Waals surface area contributed by atoms with Crippen LogP contribution in [0.4, 0.5) is 15.3 Å². The second-order valence-electron chi connectivity index (χ2n) is 10.9. The Morgan fingerprint density at radius 2 is 1.74 bits per heavy atom. The number of nitrogens with zero attached hydrogens (tertiary/aromatic N) is 3. The van der Waals surface area contributed by atoms with Crippen molar-refractivity contribution in [3.63, 3.8) is 0 Å². The number of nitrogens with one attached hydrogen (secondary N) is 1. The lowest BCUT2D eigenvalue weighted by Gasteiger charge is -2.40. The van der Waals surface area contributed by atoms with Gasteiger partial charge in [0.25, 0.3) is 5.91 Å². The van der Waals surface area contributed by atoms with Crippen molar-refractivity contribution in [3.8, 4) is 0 Å². The molecule has 39 heavy (non-hydrogen) atoms. The monoisotopic (exact) mass is 536 g/mol. The molecule has 0 aromatic heterocycles. The highest BCUT2D eigenvalue weighted by Gasteiger charge is 2.35. The van der Waals surface area contributed by atoms with Gasteiger partial charge in [-0.1, -0.05) is 51.1 Å². The van der Waals surface area contributed by atoms with E-state index in [9.17, 15) is 19.5 Å². The highest BCUT2D eigenvalue weighted by atomic mass is 16.5. The average molecular weight is 537 g/mol. The van der Waals surface area contributed by atoms with Crippen LogP contribution in [0.2, 0.25) is 0 Å². The molecule has 0 radical (unpaired) electrons. The Labute approximate surface area is 228 Å². The molecular formula is C29H36N4O6. The van der Waals surface area contributed by atoms with E-state index in [4.69, 9.17) is 9.94 Å². The number of rotatable bonds is 5. The molecule has 1 unspecified atom stereocenters. The number of benzene rings is 2. The van der Waals surface area contributed by atoms with Gasteiger partial charge in [0, 0.05) is 30.9 Å². The number of morpholine rings is 1. The lowest BCUT2D eigenvalue weighted by molar-refractivity contribution is 0.0548. The second kappa shape index (κ2) is 11.9. The van der Waals surface area contributed by atoms with E-state index in [0.29, 0.717) is 44.8 Å². The summed E-state index contributed by atoms with van der Waals surface area (Å²) in [6.45, 7) is 8.71. The molecule has 0 aliphatic carbocycles. The molecule has 0 spiro atoms. The molecule has 208 valence electrons. The smallest absolute Gasteiger partial charge is 0.407 e. The molecule has 1 fully saturated rings. The van der Waals surface area contributed by atoms with Gasteiger partial charge < -0.3 is 19.6 Å². The number of anilines is 1. The minimum Gasteiger partial charge on any atom is -0.465 e. The van der Waals surface area contributed by atoms with Gasteiger partial charge in [-0.25, -0.2) is 15.1 Å². The molecule has 4 rings (SSSR count). The third-order valence-electron chi connectivity index (χ3n) is 7.15. The molecule has 0 bridgehead atoms. The number of hydrogen-bond acceptors (Lipinski definition) is 5. The minimum absolute atomic E-state index is 0.144. The summed E-state index contributed by atoms with van der Waals surface area (Å²) < 4.78 is 5.44. The predicted octanol–water partition coefficient (Wildman–Crippen LogP) is 4.45. The number of carbonyl (C=O) groups excluding carboxylic acids is 2. The fraction of sp³-hybridized carbons (Fsp3) is 0.414. The second-order valence-corrected chi connectivity index (χ2v) is 10.9. The Kier molecular flexibility index (Phi) is 8.57. The summed E-state index contributed by atoms with van der Waals surface area (Å²) in [4.78, 5) is 42.3. The van der Waals surface area contributed by atoms with E-state index in [1.165, 1.54) is 4.90 Å². The van der Waals surface area contributed by atoms with Crippen molar-refractivity contribution >= 4 is 29.3 Å². The summed E-state index contributed by atoms with van der Waals surface area (Å²) in [5, 5.41) is 18.6. The van der Waals surface area contributed by atoms with Crippen molar-refractivity contribution in [3.05, 3.63) is 71.3 Å². The number of amides is 4. The minimum atomic E-state index is -0.927. The lowest BCUT2D eigenvalue weighted by Crippen LogP contribution is -2.48. The summed E-state index contributed by atoms with van der Waals surface area (Å²) in [5.74, 6) is -0.605.